The number of aliphatic hydroxyl groups excluding tert-OH is 2. The molecule has 0 aromatic heterocycles. The van der Waals surface area contributed by atoms with E-state index in [9.17, 15) is 30.0 Å². The van der Waals surface area contributed by atoms with Crippen LogP contribution in [0.15, 0.2) is 60.7 Å². The summed E-state index contributed by atoms with van der Waals surface area (Å²) in [6.07, 6.45) is 26.7. The van der Waals surface area contributed by atoms with Gasteiger partial charge in [0.25, 0.3) is 0 Å². The van der Waals surface area contributed by atoms with E-state index >= 15 is 0 Å². The maximum absolute atomic E-state index is 10.4. The quantitative estimate of drug-likeness (QED) is 0.0501. The van der Waals surface area contributed by atoms with Crippen molar-refractivity contribution in [2.45, 2.75) is 231 Å². The van der Waals surface area contributed by atoms with Gasteiger partial charge in [-0.25, -0.2) is 0 Å². The Hall–Kier alpha value is -1.21. The van der Waals surface area contributed by atoms with Crippen molar-refractivity contribution in [2.24, 2.45) is 0 Å². The number of benzene rings is 2. The van der Waals surface area contributed by atoms with Crippen molar-refractivity contribution in [1.29, 1.82) is 0 Å². The molecular weight excluding hydrogens is 866 g/mol. The number of unbranched alkanes of at least 4 members (excludes halogenated alkanes) is 14. The van der Waals surface area contributed by atoms with Crippen LogP contribution in [-0.2, 0) is 32.3 Å². The SMILES string of the molecule is CCCCCCC(O)CCC(CCCCCCCC(=O)[O-])OCc1ccccc1.CCCCCCC(O)CCC(CCCCCCCC(=O)[O-])OCc1ccccc1.[Ba+2]. The average Bonchev–Trinajstić information content (AvgIpc) is 3.22. The van der Waals surface area contributed by atoms with Crippen molar-refractivity contribution in [2.75, 3.05) is 0 Å². The summed E-state index contributed by atoms with van der Waals surface area (Å²) in [6, 6.07) is 20.5. The number of rotatable bonds is 38. The van der Waals surface area contributed by atoms with Crippen molar-refractivity contribution in [3.05, 3.63) is 71.8 Å². The smallest absolute Gasteiger partial charge is 0.550 e. The molecule has 0 aliphatic rings. The van der Waals surface area contributed by atoms with Crippen molar-refractivity contribution < 1.29 is 39.5 Å². The zero-order valence-electron chi connectivity index (χ0n) is 37.3. The second-order valence-corrected chi connectivity index (χ2v) is 16.4. The van der Waals surface area contributed by atoms with Crippen molar-refractivity contribution in [3.8, 4) is 0 Å². The average molecular weight is 949 g/mol. The fraction of sp³-hybridized carbons (Fsp3) is 0.720. The zero-order valence-corrected chi connectivity index (χ0v) is 41.8. The molecule has 9 heteroatoms. The topological polar surface area (TPSA) is 139 Å². The van der Waals surface area contributed by atoms with Gasteiger partial charge in [-0.3, -0.25) is 0 Å². The van der Waals surface area contributed by atoms with E-state index in [1.165, 1.54) is 49.7 Å². The fourth-order valence-electron chi connectivity index (χ4n) is 7.20. The Morgan fingerprint density at radius 3 is 1.14 bits per heavy atom. The number of hydrogen-bond acceptors (Lipinski definition) is 8. The maximum Gasteiger partial charge on any atom is 2.00 e. The Bertz CT molecular complexity index is 1110. The molecule has 0 saturated heterocycles. The summed E-state index contributed by atoms with van der Waals surface area (Å²) in [5.41, 5.74) is 2.36. The molecule has 0 bridgehead atoms. The molecule has 0 amide bonds. The van der Waals surface area contributed by atoms with Gasteiger partial charge in [-0.1, -0.05) is 177 Å². The monoisotopic (exact) mass is 949 g/mol. The third-order valence-corrected chi connectivity index (χ3v) is 10.9. The summed E-state index contributed by atoms with van der Waals surface area (Å²) >= 11 is 0. The number of hydrogen-bond donors (Lipinski definition) is 2. The van der Waals surface area contributed by atoms with Crippen LogP contribution in [0.5, 0.6) is 0 Å². The molecule has 4 unspecified atom stereocenters. The van der Waals surface area contributed by atoms with Crippen LogP contribution in [-0.4, -0.2) is 95.4 Å². The molecule has 2 aromatic carbocycles. The molecule has 59 heavy (non-hydrogen) atoms. The fourth-order valence-corrected chi connectivity index (χ4v) is 7.20. The number of aliphatic hydroxyl groups is 2. The summed E-state index contributed by atoms with van der Waals surface area (Å²) in [6.45, 7) is 5.64. The predicted octanol–water partition coefficient (Wildman–Crippen LogP) is 9.95. The first-order valence-electron chi connectivity index (χ1n) is 23.3. The van der Waals surface area contributed by atoms with E-state index in [1.807, 2.05) is 36.4 Å². The first-order chi connectivity index (χ1) is 28.2. The van der Waals surface area contributed by atoms with Gasteiger partial charge in [0, 0.05) is 11.9 Å². The second-order valence-electron chi connectivity index (χ2n) is 16.4. The van der Waals surface area contributed by atoms with Gasteiger partial charge in [-0.05, 0) is 88.2 Å². The standard InChI is InChI=1S/2C25H42O4.Ba/c2*1-2-3-4-11-16-23(26)19-20-24(29-21-22-14-9-8-10-15-22)17-12-6-5-7-13-18-25(27)28;/h2*8-10,14-15,23-24,26H,2-7,11-13,16-21H2,1H3,(H,27,28);/q;;+2/p-2. The molecule has 0 saturated carbocycles. The summed E-state index contributed by atoms with van der Waals surface area (Å²) in [5, 5.41) is 41.5. The van der Waals surface area contributed by atoms with Crippen LogP contribution in [0.3, 0.4) is 0 Å². The number of carboxylic acids is 2. The number of aliphatic carboxylic acids is 2. The third kappa shape index (κ3) is 38.2. The van der Waals surface area contributed by atoms with Crippen molar-refractivity contribution in [3.63, 3.8) is 0 Å². The van der Waals surface area contributed by atoms with Crippen LogP contribution in [0.4, 0.5) is 0 Å². The molecule has 4 atom stereocenters. The van der Waals surface area contributed by atoms with E-state index in [1.54, 1.807) is 0 Å². The van der Waals surface area contributed by atoms with Gasteiger partial charge in [0.05, 0.1) is 37.6 Å². The number of carbonyl (C=O) groups excluding carboxylic acids is 2. The largest absolute Gasteiger partial charge is 2.00 e. The van der Waals surface area contributed by atoms with Crippen LogP contribution < -0.4 is 10.2 Å². The summed E-state index contributed by atoms with van der Waals surface area (Å²) in [5.74, 6) is -1.90. The minimum Gasteiger partial charge on any atom is -0.550 e. The van der Waals surface area contributed by atoms with Crippen molar-refractivity contribution >= 4 is 60.8 Å². The van der Waals surface area contributed by atoms with E-state index in [-0.39, 0.29) is 86.1 Å². The molecule has 0 radical (unpaired) electrons. The predicted molar refractivity (Wildman–Crippen MR) is 238 cm³/mol. The Kier molecular flexibility index (Phi) is 41.2. The van der Waals surface area contributed by atoms with E-state index in [0.29, 0.717) is 26.1 Å². The molecule has 8 nitrogen and oxygen atoms in total. The number of carboxylic acid groups (broad SMARTS) is 2. The normalized spacial score (nSPS) is 13.1. The van der Waals surface area contributed by atoms with Crippen molar-refractivity contribution in [1.82, 2.24) is 0 Å². The van der Waals surface area contributed by atoms with Gasteiger partial charge in [0.1, 0.15) is 0 Å². The van der Waals surface area contributed by atoms with Crippen LogP contribution in [0, 0.1) is 0 Å². The Morgan fingerprint density at radius 2 is 0.780 bits per heavy atom. The van der Waals surface area contributed by atoms with Crippen LogP contribution in [0.25, 0.3) is 0 Å². The third-order valence-electron chi connectivity index (χ3n) is 10.9. The summed E-state index contributed by atoms with van der Waals surface area (Å²) < 4.78 is 12.4. The van der Waals surface area contributed by atoms with Crippen LogP contribution in [0.1, 0.15) is 205 Å². The molecule has 0 aliphatic heterocycles. The van der Waals surface area contributed by atoms with Crippen LogP contribution >= 0.6 is 0 Å². The van der Waals surface area contributed by atoms with Gasteiger partial charge in [0.2, 0.25) is 0 Å². The number of ether oxygens (including phenoxy) is 2. The molecule has 0 spiro atoms. The molecule has 2 N–H and O–H groups in total. The Morgan fingerprint density at radius 1 is 0.458 bits per heavy atom. The number of carbonyl (C=O) groups is 2. The van der Waals surface area contributed by atoms with Crippen LogP contribution in [0.2, 0.25) is 0 Å². The zero-order chi connectivity index (χ0) is 42.3. The van der Waals surface area contributed by atoms with Gasteiger partial charge in [0.15, 0.2) is 0 Å². The van der Waals surface area contributed by atoms with Gasteiger partial charge >= 0.3 is 48.9 Å². The Balaban J connectivity index is 0.00000112. The molecule has 0 fully saturated rings. The van der Waals surface area contributed by atoms with E-state index in [4.69, 9.17) is 9.47 Å². The second kappa shape index (κ2) is 42.1. The summed E-state index contributed by atoms with van der Waals surface area (Å²) in [4.78, 5) is 20.9. The van der Waals surface area contributed by atoms with Gasteiger partial charge in [-0.2, -0.15) is 0 Å². The summed E-state index contributed by atoms with van der Waals surface area (Å²) in [7, 11) is 0. The van der Waals surface area contributed by atoms with Gasteiger partial charge < -0.3 is 39.5 Å². The minimum absolute atomic E-state index is 0. The van der Waals surface area contributed by atoms with E-state index in [2.05, 4.69) is 38.1 Å². The molecule has 332 valence electrons. The first-order valence-corrected chi connectivity index (χ1v) is 23.3. The molecule has 0 aliphatic carbocycles. The molecule has 2 aromatic rings. The maximum atomic E-state index is 10.4. The van der Waals surface area contributed by atoms with Gasteiger partial charge in [-0.15, -0.1) is 0 Å². The first kappa shape index (κ1) is 57.8. The molecule has 2 rings (SSSR count). The minimum atomic E-state index is -0.951. The van der Waals surface area contributed by atoms with E-state index < -0.39 is 11.9 Å². The van der Waals surface area contributed by atoms with E-state index in [0.717, 1.165) is 116 Å². The molecular formula is C50H82BaO8. The molecule has 0 heterocycles. The Labute approximate surface area is 400 Å².